The second kappa shape index (κ2) is 8.42. The molecule has 0 saturated heterocycles. The molecule has 5 nitrogen and oxygen atoms in total. The normalized spacial score (nSPS) is 13.6. The monoisotopic (exact) mass is 391 g/mol. The average molecular weight is 392 g/mol. The molecular weight excluding hydrogens is 362 g/mol. The van der Waals surface area contributed by atoms with Crippen molar-refractivity contribution in [1.82, 2.24) is 4.31 Å². The van der Waals surface area contributed by atoms with Gasteiger partial charge in [0.15, 0.2) is 0 Å². The van der Waals surface area contributed by atoms with Crippen molar-refractivity contribution in [2.45, 2.75) is 44.1 Å². The third-order valence-corrected chi connectivity index (χ3v) is 6.20. The van der Waals surface area contributed by atoms with Gasteiger partial charge in [-0.3, -0.25) is 0 Å². The summed E-state index contributed by atoms with van der Waals surface area (Å²) in [6, 6.07) is 14.4. The van der Waals surface area contributed by atoms with E-state index in [1.54, 1.807) is 24.3 Å². The molecule has 148 valence electrons. The Morgan fingerprint density at radius 3 is 2.11 bits per heavy atom. The van der Waals surface area contributed by atoms with Gasteiger partial charge in [0.2, 0.25) is 10.0 Å². The molecule has 27 heavy (non-hydrogen) atoms. The number of nitrogens with zero attached hydrogens (tertiary/aromatic N) is 1. The smallest absolute Gasteiger partial charge is 0.242 e. The number of likely N-dealkylation sites (N-methyl/N-ethyl adjacent to an activating group) is 1. The van der Waals surface area contributed by atoms with Crippen LogP contribution in [0.4, 0.5) is 0 Å². The molecule has 1 unspecified atom stereocenters. The fourth-order valence-corrected chi connectivity index (χ4v) is 3.79. The molecule has 0 saturated carbocycles. The highest BCUT2D eigenvalue weighted by molar-refractivity contribution is 7.89. The first-order valence-corrected chi connectivity index (χ1v) is 10.4. The number of ether oxygens (including phenoxy) is 1. The van der Waals surface area contributed by atoms with E-state index in [2.05, 4.69) is 20.8 Å². The Labute approximate surface area is 162 Å². The molecule has 2 aromatic rings. The van der Waals surface area contributed by atoms with Gasteiger partial charge in [-0.25, -0.2) is 8.42 Å². The van der Waals surface area contributed by atoms with Crippen LogP contribution < -0.4 is 4.74 Å². The van der Waals surface area contributed by atoms with Gasteiger partial charge in [-0.1, -0.05) is 50.6 Å². The summed E-state index contributed by atoms with van der Waals surface area (Å²) in [6.45, 7) is 8.28. The third-order valence-electron chi connectivity index (χ3n) is 4.36. The Bertz CT molecular complexity index is 837. The first-order chi connectivity index (χ1) is 12.5. The van der Waals surface area contributed by atoms with Crippen molar-refractivity contribution in [3.63, 3.8) is 0 Å². The van der Waals surface area contributed by atoms with E-state index in [1.165, 1.54) is 12.6 Å². The number of aliphatic hydroxyl groups excluding tert-OH is 1. The fraction of sp³-hybridized carbons (Fsp3) is 0.429. The van der Waals surface area contributed by atoms with Crippen LogP contribution >= 0.6 is 0 Å². The SMILES string of the molecule is Cc1ccc(S(=O)(=O)N(C)CC(O)COc2ccc(C(C)(C)C)cc2)cc1. The second-order valence-electron chi connectivity index (χ2n) is 7.84. The summed E-state index contributed by atoms with van der Waals surface area (Å²) in [6.07, 6.45) is -0.933. The molecular formula is C21H29NO4S. The van der Waals surface area contributed by atoms with Gasteiger partial charge in [-0.15, -0.1) is 0 Å². The zero-order valence-electron chi connectivity index (χ0n) is 16.6. The Morgan fingerprint density at radius 2 is 1.59 bits per heavy atom. The maximum atomic E-state index is 12.6. The Kier molecular flexibility index (Phi) is 6.68. The molecule has 0 aliphatic heterocycles. The van der Waals surface area contributed by atoms with Crippen molar-refractivity contribution in [2.75, 3.05) is 20.2 Å². The van der Waals surface area contributed by atoms with Crippen LogP contribution in [-0.4, -0.2) is 44.1 Å². The summed E-state index contributed by atoms with van der Waals surface area (Å²) >= 11 is 0. The minimum Gasteiger partial charge on any atom is -0.491 e. The maximum Gasteiger partial charge on any atom is 0.242 e. The quantitative estimate of drug-likeness (QED) is 0.786. The molecule has 1 N–H and O–H groups in total. The van der Waals surface area contributed by atoms with Crippen LogP contribution in [0, 0.1) is 6.92 Å². The van der Waals surface area contributed by atoms with Crippen molar-refractivity contribution >= 4 is 10.0 Å². The zero-order valence-corrected chi connectivity index (χ0v) is 17.5. The zero-order chi connectivity index (χ0) is 20.2. The molecule has 6 heteroatoms. The van der Waals surface area contributed by atoms with E-state index in [1.807, 2.05) is 31.2 Å². The van der Waals surface area contributed by atoms with Crippen molar-refractivity contribution in [3.8, 4) is 5.75 Å². The maximum absolute atomic E-state index is 12.6. The molecule has 0 fully saturated rings. The largest absolute Gasteiger partial charge is 0.491 e. The lowest BCUT2D eigenvalue weighted by molar-refractivity contribution is 0.0935. The highest BCUT2D eigenvalue weighted by Crippen LogP contribution is 2.24. The molecule has 0 aromatic heterocycles. The first kappa shape index (κ1) is 21.4. The standard InChI is InChI=1S/C21H29NO4S/c1-16-6-12-20(13-7-16)27(24,25)22(5)14-18(23)15-26-19-10-8-17(9-11-19)21(2,3)4/h6-13,18,23H,14-15H2,1-5H3. The van der Waals surface area contributed by atoms with E-state index in [0.29, 0.717) is 5.75 Å². The van der Waals surface area contributed by atoms with Crippen LogP contribution in [0.5, 0.6) is 5.75 Å². The molecule has 0 amide bonds. The van der Waals surface area contributed by atoms with E-state index in [9.17, 15) is 13.5 Å². The minimum atomic E-state index is -3.64. The molecule has 0 heterocycles. The Hall–Kier alpha value is -1.89. The second-order valence-corrected chi connectivity index (χ2v) is 9.88. The van der Waals surface area contributed by atoms with Gasteiger partial charge in [0, 0.05) is 13.6 Å². The van der Waals surface area contributed by atoms with Crippen LogP contribution in [0.3, 0.4) is 0 Å². The van der Waals surface area contributed by atoms with Gasteiger partial charge >= 0.3 is 0 Å². The molecule has 0 aliphatic rings. The number of aryl methyl sites for hydroxylation is 1. The minimum absolute atomic E-state index is 0.0165. The predicted octanol–water partition coefficient (Wildman–Crippen LogP) is 3.35. The molecule has 2 aromatic carbocycles. The van der Waals surface area contributed by atoms with Crippen molar-refractivity contribution in [3.05, 3.63) is 59.7 Å². The van der Waals surface area contributed by atoms with Crippen LogP contribution in [0.2, 0.25) is 0 Å². The van der Waals surface area contributed by atoms with E-state index < -0.39 is 16.1 Å². The number of sulfonamides is 1. The molecule has 0 aliphatic carbocycles. The van der Waals surface area contributed by atoms with Gasteiger partial charge in [0.1, 0.15) is 18.5 Å². The van der Waals surface area contributed by atoms with E-state index in [-0.39, 0.29) is 23.5 Å². The first-order valence-electron chi connectivity index (χ1n) is 8.94. The third kappa shape index (κ3) is 5.79. The fourth-order valence-electron chi connectivity index (χ4n) is 2.58. The van der Waals surface area contributed by atoms with Gasteiger partial charge in [-0.05, 0) is 42.2 Å². The Balaban J connectivity index is 1.93. The predicted molar refractivity (Wildman–Crippen MR) is 108 cm³/mol. The van der Waals surface area contributed by atoms with Crippen LogP contribution in [0.15, 0.2) is 53.4 Å². The van der Waals surface area contributed by atoms with Crippen LogP contribution in [0.1, 0.15) is 31.9 Å². The van der Waals surface area contributed by atoms with E-state index >= 15 is 0 Å². The summed E-state index contributed by atoms with van der Waals surface area (Å²) in [5.41, 5.74) is 2.24. The average Bonchev–Trinajstić information content (AvgIpc) is 2.60. The topological polar surface area (TPSA) is 66.8 Å². The number of rotatable bonds is 7. The molecule has 1 atom stereocenters. The summed E-state index contributed by atoms with van der Waals surface area (Å²) in [7, 11) is -2.18. The van der Waals surface area contributed by atoms with Crippen LogP contribution in [-0.2, 0) is 15.4 Å². The molecule has 2 rings (SSSR count). The number of aliphatic hydroxyl groups is 1. The van der Waals surface area contributed by atoms with Gasteiger partial charge < -0.3 is 9.84 Å². The number of hydrogen-bond acceptors (Lipinski definition) is 4. The lowest BCUT2D eigenvalue weighted by Gasteiger charge is -2.21. The van der Waals surface area contributed by atoms with Gasteiger partial charge in [0.25, 0.3) is 0 Å². The molecule has 0 spiro atoms. The van der Waals surface area contributed by atoms with E-state index in [4.69, 9.17) is 4.74 Å². The van der Waals surface area contributed by atoms with Gasteiger partial charge in [0.05, 0.1) is 4.90 Å². The Morgan fingerprint density at radius 1 is 1.04 bits per heavy atom. The van der Waals surface area contributed by atoms with Crippen molar-refractivity contribution in [1.29, 1.82) is 0 Å². The van der Waals surface area contributed by atoms with Crippen molar-refractivity contribution in [2.24, 2.45) is 0 Å². The lowest BCUT2D eigenvalue weighted by atomic mass is 9.87. The highest BCUT2D eigenvalue weighted by atomic mass is 32.2. The number of benzene rings is 2. The number of hydrogen-bond donors (Lipinski definition) is 1. The molecule has 0 bridgehead atoms. The summed E-state index contributed by atoms with van der Waals surface area (Å²) in [5, 5.41) is 10.2. The van der Waals surface area contributed by atoms with E-state index in [0.717, 1.165) is 9.87 Å². The molecule has 0 radical (unpaired) electrons. The highest BCUT2D eigenvalue weighted by Gasteiger charge is 2.23. The summed E-state index contributed by atoms with van der Waals surface area (Å²) in [5.74, 6) is 0.645. The lowest BCUT2D eigenvalue weighted by Crippen LogP contribution is -2.37. The summed E-state index contributed by atoms with van der Waals surface area (Å²) < 4.78 is 31.9. The summed E-state index contributed by atoms with van der Waals surface area (Å²) in [4.78, 5) is 0.210. The van der Waals surface area contributed by atoms with Crippen molar-refractivity contribution < 1.29 is 18.3 Å². The van der Waals surface area contributed by atoms with Gasteiger partial charge in [-0.2, -0.15) is 4.31 Å². The van der Waals surface area contributed by atoms with Crippen LogP contribution in [0.25, 0.3) is 0 Å².